The van der Waals surface area contributed by atoms with E-state index in [4.69, 9.17) is 18.6 Å². The molecule has 0 saturated heterocycles. The molecule has 0 fully saturated rings. The zero-order valence-electron chi connectivity index (χ0n) is 18.2. The minimum absolute atomic E-state index is 0.0898. The molecular formula is C26H24O6. The summed E-state index contributed by atoms with van der Waals surface area (Å²) in [6.45, 7) is 5.38. The highest BCUT2D eigenvalue weighted by atomic mass is 16.6. The lowest BCUT2D eigenvalue weighted by Gasteiger charge is -2.17. The van der Waals surface area contributed by atoms with Gasteiger partial charge in [-0.15, -0.1) is 0 Å². The van der Waals surface area contributed by atoms with E-state index in [1.54, 1.807) is 25.1 Å². The van der Waals surface area contributed by atoms with Crippen molar-refractivity contribution < 1.29 is 23.4 Å². The average Bonchev–Trinajstić information content (AvgIpc) is 2.80. The fourth-order valence-corrected chi connectivity index (χ4v) is 3.22. The molecule has 32 heavy (non-hydrogen) atoms. The fraction of sp³-hybridized carbons (Fsp3) is 0.231. The van der Waals surface area contributed by atoms with Gasteiger partial charge in [-0.3, -0.25) is 4.79 Å². The van der Waals surface area contributed by atoms with Gasteiger partial charge >= 0.3 is 5.97 Å². The van der Waals surface area contributed by atoms with E-state index >= 15 is 0 Å². The lowest BCUT2D eigenvalue weighted by Crippen LogP contribution is -2.29. The van der Waals surface area contributed by atoms with Crippen LogP contribution in [0.5, 0.6) is 17.2 Å². The Morgan fingerprint density at radius 2 is 1.72 bits per heavy atom. The summed E-state index contributed by atoms with van der Waals surface area (Å²) in [5.41, 5.74) is 0.0380. The van der Waals surface area contributed by atoms with E-state index < -0.39 is 12.1 Å². The third-order valence-corrected chi connectivity index (χ3v) is 5.20. The molecule has 1 heterocycles. The van der Waals surface area contributed by atoms with Crippen molar-refractivity contribution in [1.82, 2.24) is 0 Å². The van der Waals surface area contributed by atoms with E-state index in [2.05, 4.69) is 0 Å². The van der Waals surface area contributed by atoms with Crippen LogP contribution in [0.15, 0.2) is 76.1 Å². The van der Waals surface area contributed by atoms with Crippen molar-refractivity contribution in [2.24, 2.45) is 0 Å². The zero-order valence-corrected chi connectivity index (χ0v) is 18.2. The highest BCUT2D eigenvalue weighted by molar-refractivity contribution is 5.84. The SMILES string of the molecule is CCC(C)OC(=O)C(C)Oc1ccc2c(=O)c(Oc3ccc4ccccc4c3)coc2c1. The summed E-state index contributed by atoms with van der Waals surface area (Å²) in [7, 11) is 0. The molecule has 164 valence electrons. The molecule has 0 amide bonds. The number of carbonyl (C=O) groups is 1. The van der Waals surface area contributed by atoms with Gasteiger partial charge in [0.2, 0.25) is 11.2 Å². The summed E-state index contributed by atoms with van der Waals surface area (Å²) in [5, 5.41) is 2.45. The Bertz CT molecular complexity index is 1320. The largest absolute Gasteiger partial charge is 0.479 e. The van der Waals surface area contributed by atoms with Gasteiger partial charge in [-0.2, -0.15) is 0 Å². The minimum atomic E-state index is -0.788. The molecule has 2 atom stereocenters. The molecule has 4 rings (SSSR count). The van der Waals surface area contributed by atoms with Crippen LogP contribution >= 0.6 is 0 Å². The number of benzene rings is 3. The fourth-order valence-electron chi connectivity index (χ4n) is 3.22. The van der Waals surface area contributed by atoms with Crippen LogP contribution in [0.3, 0.4) is 0 Å². The van der Waals surface area contributed by atoms with Gasteiger partial charge in [0.25, 0.3) is 0 Å². The Morgan fingerprint density at radius 1 is 0.969 bits per heavy atom. The van der Waals surface area contributed by atoms with Crippen LogP contribution in [-0.2, 0) is 9.53 Å². The molecule has 2 unspecified atom stereocenters. The van der Waals surface area contributed by atoms with Crippen LogP contribution in [-0.4, -0.2) is 18.2 Å². The molecule has 0 aliphatic heterocycles. The first kappa shape index (κ1) is 21.4. The van der Waals surface area contributed by atoms with Crippen LogP contribution in [0.25, 0.3) is 21.7 Å². The molecule has 0 N–H and O–H groups in total. The third-order valence-electron chi connectivity index (χ3n) is 5.20. The van der Waals surface area contributed by atoms with Gasteiger partial charge in [0.1, 0.15) is 23.3 Å². The summed E-state index contributed by atoms with van der Waals surface area (Å²) in [5.74, 6) is 0.591. The van der Waals surface area contributed by atoms with E-state index in [9.17, 15) is 9.59 Å². The molecule has 0 saturated carbocycles. The highest BCUT2D eigenvalue weighted by Crippen LogP contribution is 2.27. The van der Waals surface area contributed by atoms with E-state index in [1.807, 2.05) is 56.3 Å². The third kappa shape index (κ3) is 4.59. The molecule has 0 aliphatic carbocycles. The Balaban J connectivity index is 1.54. The van der Waals surface area contributed by atoms with Crippen LogP contribution < -0.4 is 14.9 Å². The molecule has 1 aromatic heterocycles. The van der Waals surface area contributed by atoms with Gasteiger partial charge in [0.15, 0.2) is 6.10 Å². The number of hydrogen-bond donors (Lipinski definition) is 0. The van der Waals surface area contributed by atoms with Gasteiger partial charge in [-0.25, -0.2) is 4.79 Å². The zero-order chi connectivity index (χ0) is 22.7. The lowest BCUT2D eigenvalue weighted by molar-refractivity contribution is -0.155. The maximum absolute atomic E-state index is 12.9. The number of fused-ring (bicyclic) bond motifs is 2. The van der Waals surface area contributed by atoms with Crippen molar-refractivity contribution in [1.29, 1.82) is 0 Å². The first-order chi connectivity index (χ1) is 15.4. The van der Waals surface area contributed by atoms with Gasteiger partial charge in [-0.05, 0) is 55.3 Å². The molecule has 4 aromatic rings. The predicted molar refractivity (Wildman–Crippen MR) is 122 cm³/mol. The number of rotatable bonds is 7. The number of ether oxygens (including phenoxy) is 3. The number of hydrogen-bond acceptors (Lipinski definition) is 6. The van der Waals surface area contributed by atoms with Crippen molar-refractivity contribution >= 4 is 27.7 Å². The van der Waals surface area contributed by atoms with E-state index in [-0.39, 0.29) is 17.3 Å². The average molecular weight is 432 g/mol. The Labute approximate surface area is 185 Å². The second-order valence-electron chi connectivity index (χ2n) is 7.61. The lowest BCUT2D eigenvalue weighted by atomic mass is 10.1. The van der Waals surface area contributed by atoms with Crippen molar-refractivity contribution in [2.75, 3.05) is 0 Å². The molecule has 3 aromatic carbocycles. The second-order valence-corrected chi connectivity index (χ2v) is 7.61. The smallest absolute Gasteiger partial charge is 0.347 e. The van der Waals surface area contributed by atoms with E-state index in [1.165, 1.54) is 6.26 Å². The Hall–Kier alpha value is -3.80. The first-order valence-electron chi connectivity index (χ1n) is 10.5. The Morgan fingerprint density at radius 3 is 2.50 bits per heavy atom. The molecule has 6 nitrogen and oxygen atoms in total. The molecular weight excluding hydrogens is 408 g/mol. The quantitative estimate of drug-likeness (QED) is 0.341. The summed E-state index contributed by atoms with van der Waals surface area (Å²) in [6.07, 6.45) is 1.04. The normalized spacial score (nSPS) is 13.0. The van der Waals surface area contributed by atoms with Crippen LogP contribution in [0, 0.1) is 0 Å². The predicted octanol–water partition coefficient (Wildman–Crippen LogP) is 5.85. The van der Waals surface area contributed by atoms with Crippen LogP contribution in [0.4, 0.5) is 0 Å². The molecule has 0 spiro atoms. The molecule has 0 aliphatic rings. The van der Waals surface area contributed by atoms with Gasteiger partial charge in [0, 0.05) is 6.07 Å². The van der Waals surface area contributed by atoms with Gasteiger partial charge in [-0.1, -0.05) is 37.3 Å². The topological polar surface area (TPSA) is 75.0 Å². The second kappa shape index (κ2) is 9.14. The molecule has 6 heteroatoms. The van der Waals surface area contributed by atoms with Crippen molar-refractivity contribution in [2.45, 2.75) is 39.4 Å². The van der Waals surface area contributed by atoms with Crippen LogP contribution in [0.2, 0.25) is 0 Å². The van der Waals surface area contributed by atoms with Crippen molar-refractivity contribution in [3.8, 4) is 17.2 Å². The molecule has 0 bridgehead atoms. The standard InChI is InChI=1S/C26H24O6/c1-4-16(2)30-26(28)17(3)31-21-11-12-22-23(14-21)29-15-24(25(22)27)32-20-10-9-18-7-5-6-8-19(18)13-20/h5-17H,4H2,1-3H3. The van der Waals surface area contributed by atoms with Crippen molar-refractivity contribution in [3.05, 3.63) is 77.2 Å². The summed E-state index contributed by atoms with van der Waals surface area (Å²) >= 11 is 0. The van der Waals surface area contributed by atoms with Crippen LogP contribution in [0.1, 0.15) is 27.2 Å². The Kier molecular flexibility index (Phi) is 6.12. The maximum atomic E-state index is 12.9. The van der Waals surface area contributed by atoms with Gasteiger partial charge in [0.05, 0.1) is 11.5 Å². The van der Waals surface area contributed by atoms with Gasteiger partial charge < -0.3 is 18.6 Å². The highest BCUT2D eigenvalue weighted by Gasteiger charge is 2.19. The molecule has 0 radical (unpaired) electrons. The van der Waals surface area contributed by atoms with E-state index in [0.29, 0.717) is 22.5 Å². The van der Waals surface area contributed by atoms with Crippen molar-refractivity contribution in [3.63, 3.8) is 0 Å². The van der Waals surface area contributed by atoms with E-state index in [0.717, 1.165) is 17.2 Å². The minimum Gasteiger partial charge on any atom is -0.479 e. The summed E-state index contributed by atoms with van der Waals surface area (Å²) in [6, 6.07) is 18.3. The number of esters is 1. The summed E-state index contributed by atoms with van der Waals surface area (Å²) in [4.78, 5) is 25.0. The maximum Gasteiger partial charge on any atom is 0.347 e. The summed E-state index contributed by atoms with van der Waals surface area (Å²) < 4.78 is 22.4. The number of carbonyl (C=O) groups excluding carboxylic acids is 1. The first-order valence-corrected chi connectivity index (χ1v) is 10.5. The monoisotopic (exact) mass is 432 g/mol.